The fourth-order valence-electron chi connectivity index (χ4n) is 3.55. The second-order valence-electron chi connectivity index (χ2n) is 7.45. The van der Waals surface area contributed by atoms with Crippen molar-refractivity contribution in [2.75, 3.05) is 44.2 Å². The molecule has 1 aromatic heterocycles. The Morgan fingerprint density at radius 2 is 1.80 bits per heavy atom. The summed E-state index contributed by atoms with van der Waals surface area (Å²) in [7, 11) is 0. The smallest absolute Gasteiger partial charge is 0.242 e. The second-order valence-corrected chi connectivity index (χ2v) is 7.45. The minimum atomic E-state index is -0.284. The van der Waals surface area contributed by atoms with Crippen LogP contribution in [0.1, 0.15) is 26.7 Å². The highest BCUT2D eigenvalue weighted by Gasteiger charge is 2.22. The fourth-order valence-corrected chi connectivity index (χ4v) is 3.55. The number of nitrogens with zero attached hydrogens (tertiary/aromatic N) is 5. The Kier molecular flexibility index (Phi) is 7.32. The first-order valence-corrected chi connectivity index (χ1v) is 10.4. The van der Waals surface area contributed by atoms with Crippen LogP contribution in [0.5, 0.6) is 0 Å². The number of hydrogen-bond donors (Lipinski definition) is 0. The van der Waals surface area contributed by atoms with E-state index < -0.39 is 0 Å². The molecule has 0 atom stereocenters. The molecule has 8 heteroatoms. The number of carbonyl (C=O) groups is 2. The Hall–Kier alpha value is -3.03. The lowest BCUT2D eigenvalue weighted by molar-refractivity contribution is -0.139. The Labute approximate surface area is 176 Å². The third kappa shape index (κ3) is 5.52. The molecule has 2 aromatic rings. The van der Waals surface area contributed by atoms with E-state index in [0.717, 1.165) is 30.8 Å². The molecule has 1 aliphatic rings. The zero-order valence-electron chi connectivity index (χ0n) is 17.6. The molecule has 1 saturated heterocycles. The van der Waals surface area contributed by atoms with E-state index in [1.807, 2.05) is 24.0 Å². The van der Waals surface area contributed by atoms with E-state index in [-0.39, 0.29) is 24.2 Å². The molecule has 0 bridgehead atoms. The number of hydrogen-bond acceptors (Lipinski definition) is 5. The lowest BCUT2D eigenvalue weighted by Gasteiger charge is -2.26. The van der Waals surface area contributed by atoms with Crippen molar-refractivity contribution in [2.45, 2.75) is 26.7 Å². The average Bonchev–Trinajstić information content (AvgIpc) is 3.00. The van der Waals surface area contributed by atoms with Crippen LogP contribution in [0.15, 0.2) is 36.4 Å². The minimum Gasteiger partial charge on any atom is -0.353 e. The molecule has 0 spiro atoms. The van der Waals surface area contributed by atoms with Crippen LogP contribution in [0.3, 0.4) is 0 Å². The highest BCUT2D eigenvalue weighted by molar-refractivity contribution is 5.84. The molecule has 0 radical (unpaired) electrons. The van der Waals surface area contributed by atoms with Crippen LogP contribution >= 0.6 is 0 Å². The van der Waals surface area contributed by atoms with Crippen molar-refractivity contribution in [1.82, 2.24) is 20.0 Å². The van der Waals surface area contributed by atoms with E-state index in [1.54, 1.807) is 17.0 Å². The van der Waals surface area contributed by atoms with Gasteiger partial charge in [0, 0.05) is 45.2 Å². The maximum atomic E-state index is 13.1. The third-order valence-electron chi connectivity index (χ3n) is 5.23. The van der Waals surface area contributed by atoms with Crippen molar-refractivity contribution >= 4 is 17.6 Å². The highest BCUT2D eigenvalue weighted by atomic mass is 19.1. The van der Waals surface area contributed by atoms with Crippen LogP contribution in [-0.4, -0.2) is 71.1 Å². The van der Waals surface area contributed by atoms with Crippen LogP contribution in [-0.2, 0) is 9.59 Å². The number of benzene rings is 1. The van der Waals surface area contributed by atoms with Crippen LogP contribution in [0.25, 0.3) is 11.3 Å². The van der Waals surface area contributed by atoms with Gasteiger partial charge in [0.25, 0.3) is 0 Å². The first-order chi connectivity index (χ1) is 14.5. The number of anilines is 1. The molecule has 2 heterocycles. The van der Waals surface area contributed by atoms with Crippen molar-refractivity contribution in [2.24, 2.45) is 0 Å². The van der Waals surface area contributed by atoms with Crippen molar-refractivity contribution in [3.63, 3.8) is 0 Å². The Balaban J connectivity index is 1.60. The largest absolute Gasteiger partial charge is 0.353 e. The topological polar surface area (TPSA) is 69.6 Å². The molecular weight excluding hydrogens is 385 g/mol. The van der Waals surface area contributed by atoms with Crippen LogP contribution < -0.4 is 4.90 Å². The standard InChI is InChI=1S/C22H28FN5O2/c1-3-11-28(17(2)29)16-22(30)27-13-4-12-26(14-15-27)21-10-9-20(24-25-21)18-5-7-19(23)8-6-18/h5-10H,3-4,11-16H2,1-2H3. The van der Waals surface area contributed by atoms with Gasteiger partial charge in [0.1, 0.15) is 5.82 Å². The molecule has 1 aromatic carbocycles. The van der Waals surface area contributed by atoms with Gasteiger partial charge in [-0.05, 0) is 49.2 Å². The quantitative estimate of drug-likeness (QED) is 0.728. The molecule has 160 valence electrons. The normalized spacial score (nSPS) is 14.4. The molecule has 7 nitrogen and oxygen atoms in total. The zero-order valence-corrected chi connectivity index (χ0v) is 17.6. The second kappa shape index (κ2) is 10.1. The molecule has 1 aliphatic heterocycles. The fraction of sp³-hybridized carbons (Fsp3) is 0.455. The molecule has 0 unspecified atom stereocenters. The van der Waals surface area contributed by atoms with E-state index in [0.29, 0.717) is 31.9 Å². The van der Waals surface area contributed by atoms with Gasteiger partial charge >= 0.3 is 0 Å². The molecule has 30 heavy (non-hydrogen) atoms. The highest BCUT2D eigenvalue weighted by Crippen LogP contribution is 2.20. The Morgan fingerprint density at radius 3 is 2.43 bits per heavy atom. The summed E-state index contributed by atoms with van der Waals surface area (Å²) in [5.74, 6) is 0.385. The third-order valence-corrected chi connectivity index (χ3v) is 5.23. The molecule has 3 rings (SSSR count). The van der Waals surface area contributed by atoms with Gasteiger partial charge in [-0.2, -0.15) is 0 Å². The van der Waals surface area contributed by atoms with Crippen LogP contribution in [0.2, 0.25) is 0 Å². The summed E-state index contributed by atoms with van der Waals surface area (Å²) < 4.78 is 13.1. The van der Waals surface area contributed by atoms with Gasteiger partial charge in [0.15, 0.2) is 5.82 Å². The van der Waals surface area contributed by atoms with Gasteiger partial charge < -0.3 is 14.7 Å². The lowest BCUT2D eigenvalue weighted by Crippen LogP contribution is -2.43. The van der Waals surface area contributed by atoms with Gasteiger partial charge in [0.2, 0.25) is 11.8 Å². The predicted molar refractivity (Wildman–Crippen MR) is 113 cm³/mol. The van der Waals surface area contributed by atoms with Gasteiger partial charge in [-0.15, -0.1) is 10.2 Å². The molecule has 0 saturated carbocycles. The van der Waals surface area contributed by atoms with Crippen molar-refractivity contribution < 1.29 is 14.0 Å². The molecule has 1 fully saturated rings. The summed E-state index contributed by atoms with van der Waals surface area (Å²) in [5, 5.41) is 8.61. The van der Waals surface area contributed by atoms with E-state index in [1.165, 1.54) is 19.1 Å². The van der Waals surface area contributed by atoms with E-state index in [9.17, 15) is 14.0 Å². The number of halogens is 1. The summed E-state index contributed by atoms with van der Waals surface area (Å²) in [4.78, 5) is 29.9. The van der Waals surface area contributed by atoms with Crippen LogP contribution in [0, 0.1) is 5.82 Å². The maximum Gasteiger partial charge on any atom is 0.242 e. The summed E-state index contributed by atoms with van der Waals surface area (Å²) in [5.41, 5.74) is 1.50. The zero-order chi connectivity index (χ0) is 21.5. The molecular formula is C22H28FN5O2. The summed E-state index contributed by atoms with van der Waals surface area (Å²) in [6.07, 6.45) is 1.65. The number of aromatic nitrogens is 2. The summed E-state index contributed by atoms with van der Waals surface area (Å²) in [6.45, 7) is 6.90. The van der Waals surface area contributed by atoms with Crippen LogP contribution in [0.4, 0.5) is 10.2 Å². The SMILES string of the molecule is CCCN(CC(=O)N1CCCN(c2ccc(-c3ccc(F)cc3)nn2)CC1)C(C)=O. The van der Waals surface area contributed by atoms with Crippen molar-refractivity contribution in [1.29, 1.82) is 0 Å². The first kappa shape index (κ1) is 21.7. The van der Waals surface area contributed by atoms with E-state index in [2.05, 4.69) is 15.1 Å². The lowest BCUT2D eigenvalue weighted by atomic mass is 10.1. The van der Waals surface area contributed by atoms with Crippen molar-refractivity contribution in [3.05, 3.63) is 42.2 Å². The Morgan fingerprint density at radius 1 is 1.03 bits per heavy atom. The average molecular weight is 413 g/mol. The maximum absolute atomic E-state index is 13.1. The van der Waals surface area contributed by atoms with Gasteiger partial charge in [-0.25, -0.2) is 4.39 Å². The Bertz CT molecular complexity index is 857. The molecule has 0 aliphatic carbocycles. The minimum absolute atomic E-state index is 0.0155. The summed E-state index contributed by atoms with van der Waals surface area (Å²) in [6, 6.07) is 9.94. The molecule has 0 N–H and O–H groups in total. The monoisotopic (exact) mass is 413 g/mol. The predicted octanol–water partition coefficient (Wildman–Crippen LogP) is 2.58. The molecule has 2 amide bonds. The number of rotatable bonds is 6. The van der Waals surface area contributed by atoms with E-state index >= 15 is 0 Å². The van der Waals surface area contributed by atoms with Crippen molar-refractivity contribution in [3.8, 4) is 11.3 Å². The first-order valence-electron chi connectivity index (χ1n) is 10.4. The van der Waals surface area contributed by atoms with Gasteiger partial charge in [0.05, 0.1) is 12.2 Å². The van der Waals surface area contributed by atoms with Gasteiger partial charge in [-0.3, -0.25) is 9.59 Å². The summed E-state index contributed by atoms with van der Waals surface area (Å²) >= 11 is 0. The van der Waals surface area contributed by atoms with Gasteiger partial charge in [-0.1, -0.05) is 6.92 Å². The number of amides is 2. The number of carbonyl (C=O) groups excluding carboxylic acids is 2. The van der Waals surface area contributed by atoms with E-state index in [4.69, 9.17) is 0 Å².